The van der Waals surface area contributed by atoms with Gasteiger partial charge in [-0.1, -0.05) is 39.7 Å². The summed E-state index contributed by atoms with van der Waals surface area (Å²) in [5.41, 5.74) is 2.67. The Morgan fingerprint density at radius 3 is 2.69 bits per heavy atom. The van der Waals surface area contributed by atoms with Gasteiger partial charge in [-0.3, -0.25) is 0 Å². The molecule has 1 aliphatic rings. The molecule has 0 unspecified atom stereocenters. The van der Waals surface area contributed by atoms with E-state index in [1.54, 1.807) is 0 Å². The molecule has 1 aromatic carbocycles. The topological polar surface area (TPSA) is 0 Å². The summed E-state index contributed by atoms with van der Waals surface area (Å²) in [7, 11) is 0. The number of hydrogen-bond donors (Lipinski definition) is 0. The minimum atomic E-state index is 0.801. The number of aryl methyl sites for hydroxylation is 1. The van der Waals surface area contributed by atoms with Gasteiger partial charge in [0.05, 0.1) is 0 Å². The number of hydrogen-bond acceptors (Lipinski definition) is 0. The largest absolute Gasteiger partial charge is 0.0924 e. The predicted octanol–water partition coefficient (Wildman–Crippen LogP) is 4.15. The Hall–Kier alpha value is -0.0100. The zero-order valence-electron chi connectivity index (χ0n) is 7.39. The van der Waals surface area contributed by atoms with Crippen molar-refractivity contribution in [3.8, 4) is 0 Å². The predicted molar refractivity (Wildman–Crippen MR) is 60.9 cm³/mol. The standard InChI is InChI=1S/C11H12BrCl/c12-6-5-9-3-4-10(7-11(9)13)8-1-2-8/h3-4,7-8H,1-2,5-6H2. The summed E-state index contributed by atoms with van der Waals surface area (Å²) in [4.78, 5) is 0. The molecule has 13 heavy (non-hydrogen) atoms. The molecule has 1 aliphatic carbocycles. The van der Waals surface area contributed by atoms with Gasteiger partial charge in [0.15, 0.2) is 0 Å². The van der Waals surface area contributed by atoms with Crippen LogP contribution in [0.1, 0.15) is 29.9 Å². The summed E-state index contributed by atoms with van der Waals surface area (Å²) >= 11 is 9.58. The van der Waals surface area contributed by atoms with Crippen molar-refractivity contribution in [2.24, 2.45) is 0 Å². The lowest BCUT2D eigenvalue weighted by atomic mass is 10.1. The third-order valence-corrected chi connectivity index (χ3v) is 3.24. The van der Waals surface area contributed by atoms with Crippen LogP contribution in [0.5, 0.6) is 0 Å². The Labute approximate surface area is 92.4 Å². The van der Waals surface area contributed by atoms with E-state index in [9.17, 15) is 0 Å². The first kappa shape index (κ1) is 9.54. The lowest BCUT2D eigenvalue weighted by Crippen LogP contribution is -1.89. The number of rotatable bonds is 3. The van der Waals surface area contributed by atoms with Crippen LogP contribution in [0.4, 0.5) is 0 Å². The molecule has 1 saturated carbocycles. The summed E-state index contributed by atoms with van der Waals surface area (Å²) < 4.78 is 0. The van der Waals surface area contributed by atoms with Gasteiger partial charge in [0.25, 0.3) is 0 Å². The minimum absolute atomic E-state index is 0.801. The van der Waals surface area contributed by atoms with Crippen molar-refractivity contribution in [1.29, 1.82) is 0 Å². The van der Waals surface area contributed by atoms with E-state index in [1.807, 2.05) is 0 Å². The van der Waals surface area contributed by atoms with Crippen LogP contribution in [0, 0.1) is 0 Å². The van der Waals surface area contributed by atoms with Gasteiger partial charge < -0.3 is 0 Å². The summed E-state index contributed by atoms with van der Waals surface area (Å²) in [6, 6.07) is 6.52. The normalized spacial score (nSPS) is 16.2. The molecule has 0 saturated heterocycles. The third-order valence-electron chi connectivity index (χ3n) is 2.49. The minimum Gasteiger partial charge on any atom is -0.0924 e. The van der Waals surface area contributed by atoms with Crippen molar-refractivity contribution in [3.63, 3.8) is 0 Å². The highest BCUT2D eigenvalue weighted by Gasteiger charge is 2.23. The summed E-state index contributed by atoms with van der Waals surface area (Å²) in [5, 5.41) is 1.92. The third kappa shape index (κ3) is 2.26. The van der Waals surface area contributed by atoms with Crippen molar-refractivity contribution in [2.75, 3.05) is 5.33 Å². The van der Waals surface area contributed by atoms with Crippen LogP contribution in [-0.2, 0) is 6.42 Å². The van der Waals surface area contributed by atoms with Crippen LogP contribution in [0.25, 0.3) is 0 Å². The highest BCUT2D eigenvalue weighted by Crippen LogP contribution is 2.41. The Morgan fingerprint density at radius 2 is 2.15 bits per heavy atom. The molecular weight excluding hydrogens is 247 g/mol. The monoisotopic (exact) mass is 258 g/mol. The number of alkyl halides is 1. The zero-order valence-corrected chi connectivity index (χ0v) is 9.74. The maximum absolute atomic E-state index is 6.16. The van der Waals surface area contributed by atoms with Crippen LogP contribution in [-0.4, -0.2) is 5.33 Å². The molecule has 0 heterocycles. The van der Waals surface area contributed by atoms with Crippen LogP contribution in [0.3, 0.4) is 0 Å². The van der Waals surface area contributed by atoms with E-state index in [0.29, 0.717) is 0 Å². The maximum Gasteiger partial charge on any atom is 0.0441 e. The molecule has 1 aromatic rings. The van der Waals surface area contributed by atoms with E-state index in [1.165, 1.54) is 24.0 Å². The average molecular weight is 260 g/mol. The van der Waals surface area contributed by atoms with Gasteiger partial charge in [-0.25, -0.2) is 0 Å². The summed E-state index contributed by atoms with van der Waals surface area (Å²) in [6.07, 6.45) is 3.70. The van der Waals surface area contributed by atoms with Crippen LogP contribution >= 0.6 is 27.5 Å². The number of halogens is 2. The fourth-order valence-electron chi connectivity index (χ4n) is 1.54. The molecule has 0 aliphatic heterocycles. The van der Waals surface area contributed by atoms with Crippen molar-refractivity contribution < 1.29 is 0 Å². The lowest BCUT2D eigenvalue weighted by Gasteiger charge is -2.04. The fraction of sp³-hybridized carbons (Fsp3) is 0.455. The lowest BCUT2D eigenvalue weighted by molar-refractivity contribution is 1.10. The molecule has 0 nitrogen and oxygen atoms in total. The van der Waals surface area contributed by atoms with Crippen molar-refractivity contribution >= 4 is 27.5 Å². The van der Waals surface area contributed by atoms with Gasteiger partial charge in [0, 0.05) is 10.4 Å². The molecule has 0 atom stereocenters. The van der Waals surface area contributed by atoms with Crippen molar-refractivity contribution in [1.82, 2.24) is 0 Å². The Morgan fingerprint density at radius 1 is 1.38 bits per heavy atom. The van der Waals surface area contributed by atoms with Gasteiger partial charge in [-0.15, -0.1) is 0 Å². The van der Waals surface area contributed by atoms with Gasteiger partial charge in [-0.2, -0.15) is 0 Å². The van der Waals surface area contributed by atoms with E-state index in [-0.39, 0.29) is 0 Å². The molecular formula is C11H12BrCl. The zero-order chi connectivity index (χ0) is 9.26. The molecule has 0 bridgehead atoms. The van der Waals surface area contributed by atoms with E-state index in [0.717, 1.165) is 22.7 Å². The van der Waals surface area contributed by atoms with E-state index >= 15 is 0 Å². The molecule has 1 fully saturated rings. The quantitative estimate of drug-likeness (QED) is 0.715. The van der Waals surface area contributed by atoms with Crippen LogP contribution < -0.4 is 0 Å². The molecule has 0 spiro atoms. The second-order valence-electron chi connectivity index (χ2n) is 3.56. The van der Waals surface area contributed by atoms with Gasteiger partial charge in [0.1, 0.15) is 0 Å². The molecule has 0 N–H and O–H groups in total. The Bertz CT molecular complexity index is 305. The smallest absolute Gasteiger partial charge is 0.0441 e. The van der Waals surface area contributed by atoms with E-state index in [2.05, 4.69) is 34.1 Å². The molecule has 2 rings (SSSR count). The van der Waals surface area contributed by atoms with E-state index < -0.39 is 0 Å². The molecule has 70 valence electrons. The number of benzene rings is 1. The SMILES string of the molecule is Clc1cc(C2CC2)ccc1CCBr. The molecule has 0 radical (unpaired) electrons. The Balaban J connectivity index is 2.21. The first-order valence-electron chi connectivity index (χ1n) is 4.65. The maximum atomic E-state index is 6.16. The first-order valence-corrected chi connectivity index (χ1v) is 6.15. The fourth-order valence-corrected chi connectivity index (χ4v) is 2.25. The highest BCUT2D eigenvalue weighted by atomic mass is 79.9. The molecule has 0 aromatic heterocycles. The summed E-state index contributed by atoms with van der Waals surface area (Å²) in [6.45, 7) is 0. The van der Waals surface area contributed by atoms with Gasteiger partial charge >= 0.3 is 0 Å². The second-order valence-corrected chi connectivity index (χ2v) is 4.76. The summed E-state index contributed by atoms with van der Waals surface area (Å²) in [5.74, 6) is 0.801. The second kappa shape index (κ2) is 4.02. The molecule has 2 heteroatoms. The van der Waals surface area contributed by atoms with Crippen molar-refractivity contribution in [2.45, 2.75) is 25.2 Å². The van der Waals surface area contributed by atoms with Crippen LogP contribution in [0.15, 0.2) is 18.2 Å². The first-order chi connectivity index (χ1) is 6.31. The highest BCUT2D eigenvalue weighted by molar-refractivity contribution is 9.09. The van der Waals surface area contributed by atoms with Gasteiger partial charge in [0.2, 0.25) is 0 Å². The Kier molecular flexibility index (Phi) is 2.95. The average Bonchev–Trinajstić information content (AvgIpc) is 2.91. The van der Waals surface area contributed by atoms with Gasteiger partial charge in [-0.05, 0) is 42.4 Å². The van der Waals surface area contributed by atoms with Crippen LogP contribution in [0.2, 0.25) is 5.02 Å². The van der Waals surface area contributed by atoms with E-state index in [4.69, 9.17) is 11.6 Å². The molecule has 0 amide bonds. The van der Waals surface area contributed by atoms with Crippen molar-refractivity contribution in [3.05, 3.63) is 34.3 Å².